The maximum Gasteiger partial charge on any atom is 0.0760 e. The molecule has 0 spiro atoms. The van der Waals surface area contributed by atoms with Crippen LogP contribution in [0.2, 0.25) is 0 Å². The van der Waals surface area contributed by atoms with Crippen molar-refractivity contribution >= 4 is 44.3 Å². The minimum atomic E-state index is -0.421. The maximum atomic E-state index is 10.1. The topological polar surface area (TPSA) is 46.2 Å². The molecule has 2 rings (SSSR count). The summed E-state index contributed by atoms with van der Waals surface area (Å²) in [7, 11) is 0. The summed E-state index contributed by atoms with van der Waals surface area (Å²) in [6, 6.07) is 5.61. The molecule has 2 nitrogen and oxygen atoms in total. The minimum Gasteiger partial charge on any atom is -0.391 e. The third-order valence-electron chi connectivity index (χ3n) is 3.27. The summed E-state index contributed by atoms with van der Waals surface area (Å²) < 4.78 is 1.96. The van der Waals surface area contributed by atoms with E-state index in [2.05, 4.69) is 31.9 Å². The normalized spacial score (nSPS) is 19.1. The van der Waals surface area contributed by atoms with E-state index in [9.17, 15) is 5.11 Å². The average molecular weight is 386 g/mol. The van der Waals surface area contributed by atoms with E-state index in [1.54, 1.807) is 0 Å². The Kier molecular flexibility index (Phi) is 5.93. The van der Waals surface area contributed by atoms with E-state index in [0.717, 1.165) is 27.4 Å². The number of hydrogen-bond acceptors (Lipinski definition) is 2. The number of halogens is 3. The van der Waals surface area contributed by atoms with Gasteiger partial charge in [-0.05, 0) is 42.5 Å². The molecule has 1 saturated carbocycles. The summed E-state index contributed by atoms with van der Waals surface area (Å²) in [5, 5.41) is 10.1. The van der Waals surface area contributed by atoms with Gasteiger partial charge in [-0.2, -0.15) is 0 Å². The molecule has 1 aliphatic carbocycles. The molecule has 0 saturated heterocycles. The summed E-state index contributed by atoms with van der Waals surface area (Å²) in [5.74, 6) is 0.382. The third kappa shape index (κ3) is 3.67. The number of hydrogen-bond donors (Lipinski definition) is 2. The van der Waals surface area contributed by atoms with Crippen LogP contribution in [0.4, 0.5) is 0 Å². The van der Waals surface area contributed by atoms with Crippen LogP contribution in [0.1, 0.15) is 30.9 Å². The van der Waals surface area contributed by atoms with E-state index >= 15 is 0 Å². The first-order valence-electron chi connectivity index (χ1n) is 5.47. The van der Waals surface area contributed by atoms with E-state index in [-0.39, 0.29) is 18.4 Å². The molecule has 17 heavy (non-hydrogen) atoms. The number of nitrogens with two attached hydrogens (primary N) is 1. The van der Waals surface area contributed by atoms with Crippen LogP contribution in [0.25, 0.3) is 0 Å². The molecule has 0 aromatic heterocycles. The molecule has 0 unspecified atom stereocenters. The smallest absolute Gasteiger partial charge is 0.0760 e. The van der Waals surface area contributed by atoms with Crippen molar-refractivity contribution in [2.24, 2.45) is 11.7 Å². The Bertz CT molecular complexity index is 365. The lowest BCUT2D eigenvalue weighted by Gasteiger charge is -2.33. The van der Waals surface area contributed by atoms with Crippen molar-refractivity contribution in [1.29, 1.82) is 0 Å². The van der Waals surface area contributed by atoms with Crippen LogP contribution in [-0.4, -0.2) is 11.2 Å². The molecule has 0 bridgehead atoms. The second-order valence-electron chi connectivity index (χ2n) is 4.41. The highest BCUT2D eigenvalue weighted by atomic mass is 79.9. The van der Waals surface area contributed by atoms with Gasteiger partial charge in [-0.25, -0.2) is 0 Å². The average Bonchev–Trinajstić information content (AvgIpc) is 2.12. The lowest BCUT2D eigenvalue weighted by atomic mass is 9.77. The molecule has 3 N–H and O–H groups in total. The molecular formula is C12H16Br2ClNO. The summed E-state index contributed by atoms with van der Waals surface area (Å²) in [5.41, 5.74) is 7.07. The van der Waals surface area contributed by atoms with Crippen molar-refractivity contribution in [3.8, 4) is 0 Å². The highest BCUT2D eigenvalue weighted by Crippen LogP contribution is 2.35. The van der Waals surface area contributed by atoms with Gasteiger partial charge in [0.2, 0.25) is 0 Å². The van der Waals surface area contributed by atoms with E-state index < -0.39 is 6.10 Å². The number of aliphatic hydroxyl groups is 1. The van der Waals surface area contributed by atoms with Gasteiger partial charge in [0, 0.05) is 8.95 Å². The Morgan fingerprint density at radius 1 is 1.18 bits per heavy atom. The predicted molar refractivity (Wildman–Crippen MR) is 79.4 cm³/mol. The van der Waals surface area contributed by atoms with Crippen molar-refractivity contribution in [3.05, 3.63) is 32.7 Å². The Morgan fingerprint density at radius 3 is 2.12 bits per heavy atom. The van der Waals surface area contributed by atoms with Crippen molar-refractivity contribution in [1.82, 2.24) is 0 Å². The zero-order valence-electron chi connectivity index (χ0n) is 9.27. The first kappa shape index (κ1) is 15.4. The first-order chi connectivity index (χ1) is 7.58. The quantitative estimate of drug-likeness (QED) is 0.831. The van der Waals surface area contributed by atoms with Gasteiger partial charge in [0.25, 0.3) is 0 Å². The molecule has 0 amide bonds. The van der Waals surface area contributed by atoms with Gasteiger partial charge in [0.15, 0.2) is 0 Å². The van der Waals surface area contributed by atoms with Crippen LogP contribution in [0.15, 0.2) is 27.1 Å². The molecule has 96 valence electrons. The molecular weight excluding hydrogens is 369 g/mol. The van der Waals surface area contributed by atoms with Crippen molar-refractivity contribution in [3.63, 3.8) is 0 Å². The van der Waals surface area contributed by atoms with E-state index in [1.165, 1.54) is 6.42 Å². The largest absolute Gasteiger partial charge is 0.391 e. The summed E-state index contributed by atoms with van der Waals surface area (Å²) >= 11 is 6.86. The van der Waals surface area contributed by atoms with E-state index in [0.29, 0.717) is 5.92 Å². The zero-order valence-corrected chi connectivity index (χ0v) is 13.3. The fourth-order valence-corrected chi connectivity index (χ4v) is 3.37. The van der Waals surface area contributed by atoms with Gasteiger partial charge in [-0.1, -0.05) is 38.3 Å². The number of aliphatic hydroxyl groups excluding tert-OH is 1. The van der Waals surface area contributed by atoms with Gasteiger partial charge in [0.05, 0.1) is 12.1 Å². The van der Waals surface area contributed by atoms with Gasteiger partial charge in [-0.3, -0.25) is 0 Å². The molecule has 1 aromatic carbocycles. The van der Waals surface area contributed by atoms with Crippen LogP contribution in [0.5, 0.6) is 0 Å². The highest BCUT2D eigenvalue weighted by Gasteiger charge is 2.30. The summed E-state index contributed by atoms with van der Waals surface area (Å²) in [6.07, 6.45) is 3.00. The standard InChI is InChI=1S/C12H15Br2NO.ClH/c13-9-4-8(5-10(14)6-9)11(15)12(16)7-2-1-3-7;/h4-7,11-12,16H,1-3,15H2;1H/t11-,12+;/m1./s1. The van der Waals surface area contributed by atoms with Crippen molar-refractivity contribution in [2.75, 3.05) is 0 Å². The Hall–Kier alpha value is 0.390. The van der Waals surface area contributed by atoms with Gasteiger partial charge >= 0.3 is 0 Å². The maximum absolute atomic E-state index is 10.1. The zero-order chi connectivity index (χ0) is 11.7. The molecule has 0 aliphatic heterocycles. The lowest BCUT2D eigenvalue weighted by molar-refractivity contribution is 0.0413. The molecule has 5 heteroatoms. The fourth-order valence-electron chi connectivity index (χ4n) is 2.04. The monoisotopic (exact) mass is 383 g/mol. The van der Waals surface area contributed by atoms with Crippen LogP contribution >= 0.6 is 44.3 Å². The van der Waals surface area contributed by atoms with E-state index in [4.69, 9.17) is 5.73 Å². The Labute approximate surface area is 125 Å². The van der Waals surface area contributed by atoms with Crippen LogP contribution in [0, 0.1) is 5.92 Å². The molecule has 1 fully saturated rings. The molecule has 1 aliphatic rings. The highest BCUT2D eigenvalue weighted by molar-refractivity contribution is 9.11. The van der Waals surface area contributed by atoms with Crippen LogP contribution in [0.3, 0.4) is 0 Å². The fraction of sp³-hybridized carbons (Fsp3) is 0.500. The minimum absolute atomic E-state index is 0. The Balaban J connectivity index is 0.00000144. The first-order valence-corrected chi connectivity index (χ1v) is 7.06. The SMILES string of the molecule is Cl.N[C@H](c1cc(Br)cc(Br)c1)[C@@H](O)C1CCC1. The number of rotatable bonds is 3. The molecule has 1 aromatic rings. The van der Waals surface area contributed by atoms with Gasteiger partial charge in [0.1, 0.15) is 0 Å². The van der Waals surface area contributed by atoms with Crippen LogP contribution < -0.4 is 5.73 Å². The summed E-state index contributed by atoms with van der Waals surface area (Å²) in [6.45, 7) is 0. The summed E-state index contributed by atoms with van der Waals surface area (Å²) in [4.78, 5) is 0. The Morgan fingerprint density at radius 2 is 1.71 bits per heavy atom. The van der Waals surface area contributed by atoms with Crippen molar-refractivity contribution in [2.45, 2.75) is 31.4 Å². The van der Waals surface area contributed by atoms with E-state index in [1.807, 2.05) is 18.2 Å². The molecule has 2 atom stereocenters. The van der Waals surface area contributed by atoms with Crippen LogP contribution in [-0.2, 0) is 0 Å². The second kappa shape index (κ2) is 6.53. The van der Waals surface area contributed by atoms with Gasteiger partial charge < -0.3 is 10.8 Å². The molecule has 0 radical (unpaired) electrons. The lowest BCUT2D eigenvalue weighted by Crippen LogP contribution is -2.36. The third-order valence-corrected chi connectivity index (χ3v) is 4.19. The van der Waals surface area contributed by atoms with Gasteiger partial charge in [-0.15, -0.1) is 12.4 Å². The second-order valence-corrected chi connectivity index (χ2v) is 6.24. The molecule has 0 heterocycles. The van der Waals surface area contributed by atoms with Crippen molar-refractivity contribution < 1.29 is 5.11 Å². The number of benzene rings is 1. The predicted octanol–water partition coefficient (Wildman–Crippen LogP) is 3.79.